The molecule has 1 saturated heterocycles. The number of likely N-dealkylation sites (N-methyl/N-ethyl adjacent to an activating group) is 1. The SMILES string of the molecule is C=C/C(OC(C)CC)=C(\C=C1/CCCN(C(=O)OC(C)(C)C)CC1)N(C)CCOC. The Morgan fingerprint density at radius 3 is 2.57 bits per heavy atom. The first-order valence-corrected chi connectivity index (χ1v) is 11.0. The summed E-state index contributed by atoms with van der Waals surface area (Å²) in [6, 6.07) is 0. The van der Waals surface area contributed by atoms with Crippen molar-refractivity contribution in [1.29, 1.82) is 0 Å². The van der Waals surface area contributed by atoms with E-state index in [9.17, 15) is 4.79 Å². The third-order valence-corrected chi connectivity index (χ3v) is 5.00. The zero-order valence-electron chi connectivity index (χ0n) is 20.1. The average Bonchev–Trinajstić information content (AvgIpc) is 2.92. The van der Waals surface area contributed by atoms with Crippen LogP contribution in [0, 0.1) is 0 Å². The predicted octanol–water partition coefficient (Wildman–Crippen LogP) is 5.12. The highest BCUT2D eigenvalue weighted by atomic mass is 16.6. The van der Waals surface area contributed by atoms with E-state index in [1.807, 2.05) is 32.7 Å². The van der Waals surface area contributed by atoms with Crippen molar-refractivity contribution in [2.24, 2.45) is 0 Å². The molecule has 0 spiro atoms. The Kier molecular flexibility index (Phi) is 11.0. The number of amides is 1. The van der Waals surface area contributed by atoms with Gasteiger partial charge in [-0.15, -0.1) is 0 Å². The van der Waals surface area contributed by atoms with Gasteiger partial charge in [-0.3, -0.25) is 0 Å². The Hall–Kier alpha value is -1.95. The highest BCUT2D eigenvalue weighted by Crippen LogP contribution is 2.24. The van der Waals surface area contributed by atoms with Crippen LogP contribution in [-0.4, -0.2) is 68.0 Å². The maximum Gasteiger partial charge on any atom is 0.410 e. The second kappa shape index (κ2) is 12.7. The fraction of sp³-hybridized carbons (Fsp3) is 0.708. The van der Waals surface area contributed by atoms with Crippen molar-refractivity contribution in [2.45, 2.75) is 72.0 Å². The molecule has 1 atom stereocenters. The number of carbonyl (C=O) groups excluding carboxylic acids is 1. The highest BCUT2D eigenvalue weighted by Gasteiger charge is 2.24. The molecule has 1 heterocycles. The molecule has 6 heteroatoms. The Morgan fingerprint density at radius 1 is 1.30 bits per heavy atom. The van der Waals surface area contributed by atoms with Gasteiger partial charge in [-0.05, 0) is 65.5 Å². The van der Waals surface area contributed by atoms with E-state index in [1.165, 1.54) is 5.57 Å². The third-order valence-electron chi connectivity index (χ3n) is 5.00. The summed E-state index contributed by atoms with van der Waals surface area (Å²) < 4.78 is 17.0. The third kappa shape index (κ3) is 9.24. The maximum absolute atomic E-state index is 12.5. The second-order valence-electron chi connectivity index (χ2n) is 8.83. The lowest BCUT2D eigenvalue weighted by Gasteiger charge is -2.26. The summed E-state index contributed by atoms with van der Waals surface area (Å²) in [5.74, 6) is 0.781. The van der Waals surface area contributed by atoms with Crippen LogP contribution < -0.4 is 0 Å². The van der Waals surface area contributed by atoms with Gasteiger partial charge in [-0.2, -0.15) is 0 Å². The molecule has 6 nitrogen and oxygen atoms in total. The van der Waals surface area contributed by atoms with E-state index in [2.05, 4.69) is 31.4 Å². The molecule has 1 aliphatic rings. The first kappa shape index (κ1) is 26.1. The molecule has 1 unspecified atom stereocenters. The molecular formula is C24H42N2O4. The lowest BCUT2D eigenvalue weighted by molar-refractivity contribution is 0.0258. The predicted molar refractivity (Wildman–Crippen MR) is 122 cm³/mol. The summed E-state index contributed by atoms with van der Waals surface area (Å²) >= 11 is 0. The van der Waals surface area contributed by atoms with Gasteiger partial charge in [0.2, 0.25) is 0 Å². The monoisotopic (exact) mass is 422 g/mol. The molecule has 0 bridgehead atoms. The summed E-state index contributed by atoms with van der Waals surface area (Å²) in [6.07, 6.45) is 7.45. The van der Waals surface area contributed by atoms with Crippen LogP contribution in [0.25, 0.3) is 0 Å². The molecule has 0 aromatic carbocycles. The fourth-order valence-corrected chi connectivity index (χ4v) is 3.09. The molecule has 0 saturated carbocycles. The van der Waals surface area contributed by atoms with Gasteiger partial charge in [0.15, 0.2) is 0 Å². The maximum atomic E-state index is 12.5. The van der Waals surface area contributed by atoms with Crippen molar-refractivity contribution >= 4 is 6.09 Å². The van der Waals surface area contributed by atoms with Crippen LogP contribution in [0.4, 0.5) is 4.79 Å². The van der Waals surface area contributed by atoms with Crippen molar-refractivity contribution in [1.82, 2.24) is 9.80 Å². The molecule has 172 valence electrons. The van der Waals surface area contributed by atoms with Crippen molar-refractivity contribution in [3.8, 4) is 0 Å². The van der Waals surface area contributed by atoms with Crippen LogP contribution in [0.5, 0.6) is 0 Å². The first-order chi connectivity index (χ1) is 14.1. The molecule has 0 aliphatic carbocycles. The van der Waals surface area contributed by atoms with Gasteiger partial charge in [0.1, 0.15) is 11.4 Å². The molecule has 1 rings (SSSR count). The summed E-state index contributed by atoms with van der Waals surface area (Å²) in [6.45, 7) is 16.6. The van der Waals surface area contributed by atoms with Gasteiger partial charge in [-0.25, -0.2) is 4.79 Å². The number of hydrogen-bond acceptors (Lipinski definition) is 5. The van der Waals surface area contributed by atoms with Gasteiger partial charge >= 0.3 is 6.09 Å². The number of allylic oxidation sites excluding steroid dienone is 2. The molecule has 0 N–H and O–H groups in total. The summed E-state index contributed by atoms with van der Waals surface area (Å²) in [5.41, 5.74) is 1.82. The summed E-state index contributed by atoms with van der Waals surface area (Å²) in [7, 11) is 3.74. The van der Waals surface area contributed by atoms with E-state index >= 15 is 0 Å². The highest BCUT2D eigenvalue weighted by molar-refractivity contribution is 5.68. The minimum atomic E-state index is -0.478. The Morgan fingerprint density at radius 2 is 2.00 bits per heavy atom. The van der Waals surface area contributed by atoms with E-state index in [0.717, 1.165) is 43.7 Å². The topological polar surface area (TPSA) is 51.2 Å². The van der Waals surface area contributed by atoms with E-state index < -0.39 is 5.60 Å². The molecule has 0 aromatic heterocycles. The van der Waals surface area contributed by atoms with Crippen LogP contribution >= 0.6 is 0 Å². The van der Waals surface area contributed by atoms with Gasteiger partial charge in [0, 0.05) is 33.8 Å². The summed E-state index contributed by atoms with van der Waals surface area (Å²) in [5, 5.41) is 0. The van der Waals surface area contributed by atoms with Gasteiger partial charge < -0.3 is 24.0 Å². The van der Waals surface area contributed by atoms with Crippen LogP contribution in [0.2, 0.25) is 0 Å². The van der Waals surface area contributed by atoms with Gasteiger partial charge in [0.05, 0.1) is 18.4 Å². The quantitative estimate of drug-likeness (QED) is 0.381. The Bertz CT molecular complexity index is 619. The molecule has 1 amide bonds. The van der Waals surface area contributed by atoms with E-state index in [-0.39, 0.29) is 12.2 Å². The first-order valence-electron chi connectivity index (χ1n) is 11.0. The average molecular weight is 423 g/mol. The Balaban J connectivity index is 3.05. The lowest BCUT2D eigenvalue weighted by Crippen LogP contribution is -2.37. The smallest absolute Gasteiger partial charge is 0.410 e. The van der Waals surface area contributed by atoms with E-state index in [4.69, 9.17) is 14.2 Å². The van der Waals surface area contributed by atoms with Crippen molar-refractivity contribution in [2.75, 3.05) is 40.4 Å². The van der Waals surface area contributed by atoms with Crippen LogP contribution in [-0.2, 0) is 14.2 Å². The van der Waals surface area contributed by atoms with Crippen molar-refractivity contribution in [3.05, 3.63) is 35.8 Å². The van der Waals surface area contributed by atoms with Crippen LogP contribution in [0.3, 0.4) is 0 Å². The Labute approximate surface area is 183 Å². The number of likely N-dealkylation sites (tertiary alicyclic amines) is 1. The zero-order chi connectivity index (χ0) is 22.7. The fourth-order valence-electron chi connectivity index (χ4n) is 3.09. The molecule has 30 heavy (non-hydrogen) atoms. The van der Waals surface area contributed by atoms with Crippen molar-refractivity contribution < 1.29 is 19.0 Å². The number of hydrogen-bond donors (Lipinski definition) is 0. The standard InChI is InChI=1S/C24H42N2O4/c1-9-19(3)29-22(10-2)21(25(7)16-17-28-8)18-20-12-11-14-26(15-13-20)23(27)30-24(4,5)6/h10,18-19H,2,9,11-17H2,1,3-8H3/b20-18+,22-21-. The van der Waals surface area contributed by atoms with Crippen molar-refractivity contribution in [3.63, 3.8) is 0 Å². The van der Waals surface area contributed by atoms with Gasteiger partial charge in [0.25, 0.3) is 0 Å². The molecular weight excluding hydrogens is 380 g/mol. The van der Waals surface area contributed by atoms with Crippen LogP contribution in [0.1, 0.15) is 60.3 Å². The molecule has 0 radical (unpaired) electrons. The van der Waals surface area contributed by atoms with Crippen LogP contribution in [0.15, 0.2) is 35.8 Å². The minimum Gasteiger partial charge on any atom is -0.489 e. The molecule has 1 aliphatic heterocycles. The summed E-state index contributed by atoms with van der Waals surface area (Å²) in [4.78, 5) is 16.4. The molecule has 1 fully saturated rings. The van der Waals surface area contributed by atoms with Gasteiger partial charge in [-0.1, -0.05) is 19.1 Å². The van der Waals surface area contributed by atoms with E-state index in [0.29, 0.717) is 19.7 Å². The van der Waals surface area contributed by atoms with E-state index in [1.54, 1.807) is 13.2 Å². The number of ether oxygens (including phenoxy) is 3. The number of nitrogens with zero attached hydrogens (tertiary/aromatic N) is 2. The number of methoxy groups -OCH3 is 1. The zero-order valence-corrected chi connectivity index (χ0v) is 20.1. The lowest BCUT2D eigenvalue weighted by atomic mass is 10.1. The minimum absolute atomic E-state index is 0.110. The number of rotatable bonds is 9. The largest absolute Gasteiger partial charge is 0.489 e. The normalized spacial score (nSPS) is 18.4. The second-order valence-corrected chi connectivity index (χ2v) is 8.83. The number of carbonyl (C=O) groups is 1. The molecule has 0 aromatic rings.